The summed E-state index contributed by atoms with van der Waals surface area (Å²) in [6.45, 7) is 4.88. The van der Waals surface area contributed by atoms with Crippen LogP contribution >= 0.6 is 12.2 Å². The molecule has 4 nitrogen and oxygen atoms in total. The van der Waals surface area contributed by atoms with Crippen LogP contribution in [0.25, 0.3) is 10.9 Å². The molecule has 4 unspecified atom stereocenters. The van der Waals surface area contributed by atoms with E-state index in [1.54, 1.807) is 6.20 Å². The minimum atomic E-state index is -4.96. The van der Waals surface area contributed by atoms with E-state index >= 15 is 0 Å². The van der Waals surface area contributed by atoms with Crippen LogP contribution in [-0.4, -0.2) is 33.1 Å². The molecule has 1 aliphatic carbocycles. The van der Waals surface area contributed by atoms with Crippen molar-refractivity contribution in [1.29, 1.82) is 0 Å². The number of halogens is 6. The summed E-state index contributed by atoms with van der Waals surface area (Å²) in [6, 6.07) is 10.5. The van der Waals surface area contributed by atoms with Crippen molar-refractivity contribution in [1.82, 2.24) is 15.2 Å². The lowest BCUT2D eigenvalue weighted by Crippen LogP contribution is -2.71. The molecule has 3 heterocycles. The quantitative estimate of drug-likeness (QED) is 0.189. The zero-order valence-electron chi connectivity index (χ0n) is 21.2. The molecule has 3 aromatic rings. The van der Waals surface area contributed by atoms with E-state index in [0.717, 1.165) is 42.3 Å². The van der Waals surface area contributed by atoms with Crippen molar-refractivity contribution in [2.45, 2.75) is 49.2 Å². The number of fused-ring (bicyclic) bond motifs is 1. The molecular weight excluding hydrogens is 550 g/mol. The van der Waals surface area contributed by atoms with E-state index in [1.165, 1.54) is 0 Å². The van der Waals surface area contributed by atoms with Gasteiger partial charge in [-0.25, -0.2) is 0 Å². The van der Waals surface area contributed by atoms with Gasteiger partial charge in [-0.05, 0) is 79.2 Å². The molecule has 40 heavy (non-hydrogen) atoms. The molecule has 1 spiro atoms. The number of para-hydroxylation sites is 1. The molecule has 2 N–H and O–H groups in total. The third kappa shape index (κ3) is 4.43. The number of benzene rings is 2. The van der Waals surface area contributed by atoms with Crippen LogP contribution in [0.1, 0.15) is 42.0 Å². The largest absolute Gasteiger partial charge is 0.416 e. The lowest BCUT2D eigenvalue weighted by molar-refractivity contribution is -0.143. The number of pyridine rings is 1. The molecule has 1 aromatic heterocycles. The number of aromatic nitrogens is 1. The molecule has 2 saturated heterocycles. The monoisotopic (exact) mass is 576 g/mol. The highest BCUT2D eigenvalue weighted by molar-refractivity contribution is 7.80. The number of hydrogen-bond donors (Lipinski definition) is 2. The molecule has 11 heteroatoms. The topological polar surface area (TPSA) is 40.2 Å². The highest BCUT2D eigenvalue weighted by atomic mass is 32.1. The summed E-state index contributed by atoms with van der Waals surface area (Å²) < 4.78 is 80.5. The molecule has 2 aromatic carbocycles. The number of nitrogens with one attached hydrogen (secondary N) is 2. The Kier molecular flexibility index (Phi) is 6.38. The third-order valence-corrected chi connectivity index (χ3v) is 9.10. The number of thiocarbonyl (C=S) groups is 1. The number of alkyl halides is 6. The van der Waals surface area contributed by atoms with Gasteiger partial charge in [0.25, 0.3) is 0 Å². The Morgan fingerprint density at radius 3 is 2.40 bits per heavy atom. The first kappa shape index (κ1) is 27.0. The highest BCUT2D eigenvalue weighted by Crippen LogP contribution is 2.64. The maximum atomic E-state index is 13.4. The lowest BCUT2D eigenvalue weighted by atomic mass is 9.56. The molecule has 2 aliphatic heterocycles. The predicted molar refractivity (Wildman–Crippen MR) is 145 cm³/mol. The van der Waals surface area contributed by atoms with Crippen molar-refractivity contribution in [3.63, 3.8) is 0 Å². The average molecular weight is 577 g/mol. The van der Waals surface area contributed by atoms with Gasteiger partial charge in [-0.3, -0.25) is 9.88 Å². The maximum Gasteiger partial charge on any atom is 0.416 e. The van der Waals surface area contributed by atoms with E-state index in [0.29, 0.717) is 24.0 Å². The van der Waals surface area contributed by atoms with Crippen LogP contribution in [-0.2, 0) is 12.4 Å². The Morgan fingerprint density at radius 2 is 1.77 bits per heavy atom. The molecule has 0 amide bonds. The van der Waals surface area contributed by atoms with Crippen LogP contribution in [0.5, 0.6) is 0 Å². The maximum absolute atomic E-state index is 13.4. The van der Waals surface area contributed by atoms with Gasteiger partial charge in [-0.1, -0.05) is 24.3 Å². The van der Waals surface area contributed by atoms with Crippen LogP contribution < -0.4 is 10.6 Å². The van der Waals surface area contributed by atoms with E-state index in [2.05, 4.69) is 27.1 Å². The van der Waals surface area contributed by atoms with Crippen LogP contribution in [0.2, 0.25) is 0 Å². The molecule has 3 aliphatic rings. The molecular formula is C29H26F6N4S. The van der Waals surface area contributed by atoms with Crippen LogP contribution in [0.4, 0.5) is 32.0 Å². The summed E-state index contributed by atoms with van der Waals surface area (Å²) in [5, 5.41) is 6.69. The molecule has 0 bridgehead atoms. The van der Waals surface area contributed by atoms with Crippen molar-refractivity contribution >= 4 is 33.9 Å². The predicted octanol–water partition coefficient (Wildman–Crippen LogP) is 7.34. The molecule has 1 saturated carbocycles. The van der Waals surface area contributed by atoms with E-state index in [1.807, 2.05) is 36.4 Å². The summed E-state index contributed by atoms with van der Waals surface area (Å²) in [5.74, 6) is 0.927. The number of hydrogen-bond acceptors (Lipinski definition) is 3. The summed E-state index contributed by atoms with van der Waals surface area (Å²) in [4.78, 5) is 6.93. The Balaban J connectivity index is 1.33. The lowest BCUT2D eigenvalue weighted by Gasteiger charge is -2.64. The fraction of sp³-hybridized carbons (Fsp3) is 0.379. The number of rotatable bonds is 5. The van der Waals surface area contributed by atoms with Gasteiger partial charge in [0.1, 0.15) is 0 Å². The van der Waals surface area contributed by atoms with Gasteiger partial charge in [-0.15, -0.1) is 6.58 Å². The fourth-order valence-corrected chi connectivity index (χ4v) is 7.23. The normalized spacial score (nSPS) is 26.7. The minimum Gasteiger partial charge on any atom is -0.354 e. The van der Waals surface area contributed by atoms with Gasteiger partial charge in [0, 0.05) is 35.4 Å². The fourth-order valence-electron chi connectivity index (χ4n) is 6.99. The van der Waals surface area contributed by atoms with E-state index in [9.17, 15) is 26.3 Å². The molecule has 5 atom stereocenters. The van der Waals surface area contributed by atoms with Crippen molar-refractivity contribution in [3.8, 4) is 0 Å². The van der Waals surface area contributed by atoms with Gasteiger partial charge >= 0.3 is 12.4 Å². The van der Waals surface area contributed by atoms with Gasteiger partial charge in [-0.2, -0.15) is 26.3 Å². The SMILES string of the molecule is C=CC1CN2C([C@H](NC(=S)Nc3cc(C(F)(F)F)cc(C(F)(F)F)c3)c3ccnc4ccccc34)CC23CCC13. The summed E-state index contributed by atoms with van der Waals surface area (Å²) in [7, 11) is 0. The van der Waals surface area contributed by atoms with Crippen molar-refractivity contribution in [3.05, 3.63) is 84.1 Å². The molecule has 210 valence electrons. The third-order valence-electron chi connectivity index (χ3n) is 8.88. The van der Waals surface area contributed by atoms with E-state index < -0.39 is 29.2 Å². The number of anilines is 1. The Morgan fingerprint density at radius 1 is 1.07 bits per heavy atom. The molecule has 3 fully saturated rings. The van der Waals surface area contributed by atoms with Crippen LogP contribution in [0.15, 0.2) is 67.4 Å². The summed E-state index contributed by atoms with van der Waals surface area (Å²) >= 11 is 5.50. The first-order chi connectivity index (χ1) is 18.9. The van der Waals surface area contributed by atoms with Gasteiger partial charge < -0.3 is 10.6 Å². The van der Waals surface area contributed by atoms with Crippen LogP contribution in [0, 0.1) is 11.8 Å². The molecule has 0 radical (unpaired) electrons. The highest BCUT2D eigenvalue weighted by Gasteiger charge is 2.67. The Labute approximate surface area is 232 Å². The number of nitrogens with zero attached hydrogens (tertiary/aromatic N) is 2. The van der Waals surface area contributed by atoms with Crippen LogP contribution in [0.3, 0.4) is 0 Å². The minimum absolute atomic E-state index is 0.0190. The summed E-state index contributed by atoms with van der Waals surface area (Å²) in [5.41, 5.74) is -1.41. The standard InChI is InChI=1S/C29H26F6N4S/c1-2-16-15-39-24(14-27(39)9-7-22(16)27)25(21-8-10-36-23-6-4-3-5-20(21)23)38-26(40)37-19-12-17(28(30,31)32)11-18(13-19)29(33,34)35/h2-6,8,10-13,16,22,24-25H,1,7,9,14-15H2,(H2,37,38,40)/t16?,22?,24?,25-,27?/m1/s1. The smallest absolute Gasteiger partial charge is 0.354 e. The first-order valence-corrected chi connectivity index (χ1v) is 13.4. The second-order valence-corrected chi connectivity index (χ2v) is 11.3. The Bertz CT molecular complexity index is 1450. The zero-order chi connectivity index (χ0) is 28.4. The van der Waals surface area contributed by atoms with Gasteiger partial charge in [0.2, 0.25) is 0 Å². The zero-order valence-corrected chi connectivity index (χ0v) is 22.0. The molecule has 6 rings (SSSR count). The van der Waals surface area contributed by atoms with Gasteiger partial charge in [0.15, 0.2) is 5.11 Å². The second kappa shape index (κ2) is 9.44. The Hall–Kier alpha value is -3.18. The summed E-state index contributed by atoms with van der Waals surface area (Å²) in [6.07, 6.45) is -3.06. The second-order valence-electron chi connectivity index (χ2n) is 10.9. The average Bonchev–Trinajstić information content (AvgIpc) is 3.03. The van der Waals surface area contributed by atoms with Gasteiger partial charge in [0.05, 0.1) is 22.7 Å². The van der Waals surface area contributed by atoms with Crippen molar-refractivity contribution < 1.29 is 26.3 Å². The van der Waals surface area contributed by atoms with Crippen molar-refractivity contribution in [2.24, 2.45) is 11.8 Å². The van der Waals surface area contributed by atoms with E-state index in [4.69, 9.17) is 12.2 Å². The first-order valence-electron chi connectivity index (χ1n) is 13.0. The van der Waals surface area contributed by atoms with Crippen molar-refractivity contribution in [2.75, 3.05) is 11.9 Å². The van der Waals surface area contributed by atoms with E-state index in [-0.39, 0.29) is 28.8 Å².